The number of aryl methyl sites for hydroxylation is 2. The molecular weight excluding hydrogens is 226 g/mol. The molecule has 0 aliphatic rings. The van der Waals surface area contributed by atoms with Gasteiger partial charge in [-0.3, -0.25) is 9.20 Å². The number of carbonyl (C=O) groups excluding carboxylic acids is 1. The molecule has 0 fully saturated rings. The number of carbonyl (C=O) groups is 1. The molecule has 2 heterocycles. The average molecular weight is 245 g/mol. The summed E-state index contributed by atoms with van der Waals surface area (Å²) in [6, 6.07) is 3.94. The van der Waals surface area contributed by atoms with E-state index >= 15 is 0 Å². The summed E-state index contributed by atoms with van der Waals surface area (Å²) < 4.78 is 1.87. The highest BCUT2D eigenvalue weighted by molar-refractivity contribution is 5.94. The summed E-state index contributed by atoms with van der Waals surface area (Å²) >= 11 is 0. The number of pyridine rings is 1. The molecule has 0 atom stereocenters. The Morgan fingerprint density at radius 1 is 1.44 bits per heavy atom. The van der Waals surface area contributed by atoms with Gasteiger partial charge in [0.05, 0.1) is 5.69 Å². The topological polar surface area (TPSA) is 46.4 Å². The fourth-order valence-electron chi connectivity index (χ4n) is 2.05. The first-order chi connectivity index (χ1) is 8.65. The number of imidazole rings is 1. The number of aromatic nitrogens is 2. The van der Waals surface area contributed by atoms with Gasteiger partial charge in [-0.2, -0.15) is 0 Å². The SMILES string of the molecule is CCCCNC(=O)c1c(C)nc2c(C)cccn12. The molecular formula is C14H19N3O. The number of amides is 1. The summed E-state index contributed by atoms with van der Waals surface area (Å²) in [6.45, 7) is 6.70. The van der Waals surface area contributed by atoms with Crippen molar-refractivity contribution < 1.29 is 4.79 Å². The van der Waals surface area contributed by atoms with Gasteiger partial charge in [0.2, 0.25) is 0 Å². The Morgan fingerprint density at radius 2 is 2.22 bits per heavy atom. The van der Waals surface area contributed by atoms with Crippen molar-refractivity contribution in [3.63, 3.8) is 0 Å². The summed E-state index contributed by atoms with van der Waals surface area (Å²) in [5.41, 5.74) is 3.35. The van der Waals surface area contributed by atoms with Crippen LogP contribution < -0.4 is 5.32 Å². The van der Waals surface area contributed by atoms with E-state index in [4.69, 9.17) is 0 Å². The number of hydrogen-bond donors (Lipinski definition) is 1. The second-order valence-corrected chi connectivity index (χ2v) is 4.54. The van der Waals surface area contributed by atoms with E-state index in [1.807, 2.05) is 36.6 Å². The zero-order valence-corrected chi connectivity index (χ0v) is 11.2. The summed E-state index contributed by atoms with van der Waals surface area (Å²) in [7, 11) is 0. The fraction of sp³-hybridized carbons (Fsp3) is 0.429. The lowest BCUT2D eigenvalue weighted by atomic mass is 10.3. The van der Waals surface area contributed by atoms with Crippen LogP contribution in [0, 0.1) is 13.8 Å². The second kappa shape index (κ2) is 5.21. The third kappa shape index (κ3) is 2.23. The third-order valence-electron chi connectivity index (χ3n) is 3.05. The first-order valence-electron chi connectivity index (χ1n) is 6.37. The number of hydrogen-bond acceptors (Lipinski definition) is 2. The molecule has 0 unspecified atom stereocenters. The van der Waals surface area contributed by atoms with Crippen LogP contribution >= 0.6 is 0 Å². The van der Waals surface area contributed by atoms with Crippen molar-refractivity contribution in [2.75, 3.05) is 6.54 Å². The quantitative estimate of drug-likeness (QED) is 0.841. The number of fused-ring (bicyclic) bond motifs is 1. The van der Waals surface area contributed by atoms with Crippen LogP contribution in [0.2, 0.25) is 0 Å². The van der Waals surface area contributed by atoms with Gasteiger partial charge in [0.25, 0.3) is 5.91 Å². The third-order valence-corrected chi connectivity index (χ3v) is 3.05. The minimum absolute atomic E-state index is 0.0425. The molecule has 18 heavy (non-hydrogen) atoms. The van der Waals surface area contributed by atoms with Crippen LogP contribution in [0.3, 0.4) is 0 Å². The van der Waals surface area contributed by atoms with Gasteiger partial charge in [-0.15, -0.1) is 0 Å². The van der Waals surface area contributed by atoms with E-state index in [2.05, 4.69) is 17.2 Å². The molecule has 0 aromatic carbocycles. The van der Waals surface area contributed by atoms with E-state index < -0.39 is 0 Å². The Bertz CT molecular complexity index is 572. The zero-order valence-electron chi connectivity index (χ0n) is 11.2. The summed E-state index contributed by atoms with van der Waals surface area (Å²) in [5, 5.41) is 2.94. The first-order valence-corrected chi connectivity index (χ1v) is 6.37. The molecule has 2 aromatic heterocycles. The van der Waals surface area contributed by atoms with Crippen LogP contribution in [0.15, 0.2) is 18.3 Å². The van der Waals surface area contributed by atoms with Gasteiger partial charge < -0.3 is 5.32 Å². The Morgan fingerprint density at radius 3 is 2.94 bits per heavy atom. The predicted octanol–water partition coefficient (Wildman–Crippen LogP) is 2.48. The van der Waals surface area contributed by atoms with Gasteiger partial charge in [-0.25, -0.2) is 4.98 Å². The lowest BCUT2D eigenvalue weighted by molar-refractivity contribution is 0.0946. The summed E-state index contributed by atoms with van der Waals surface area (Å²) in [4.78, 5) is 16.6. The molecule has 0 spiro atoms. The number of nitrogens with one attached hydrogen (secondary N) is 1. The monoisotopic (exact) mass is 245 g/mol. The lowest BCUT2D eigenvalue weighted by Crippen LogP contribution is -2.26. The van der Waals surface area contributed by atoms with Crippen molar-refractivity contribution in [2.24, 2.45) is 0 Å². The maximum Gasteiger partial charge on any atom is 0.270 e. The van der Waals surface area contributed by atoms with Gasteiger partial charge in [-0.1, -0.05) is 19.4 Å². The Labute approximate surface area is 107 Å². The molecule has 1 amide bonds. The van der Waals surface area contributed by atoms with Crippen molar-refractivity contribution in [1.82, 2.24) is 14.7 Å². The molecule has 0 saturated carbocycles. The van der Waals surface area contributed by atoms with Gasteiger partial charge in [-0.05, 0) is 31.9 Å². The summed E-state index contributed by atoms with van der Waals surface area (Å²) in [6.07, 6.45) is 3.96. The average Bonchev–Trinajstić information content (AvgIpc) is 2.67. The molecule has 2 aromatic rings. The van der Waals surface area contributed by atoms with E-state index in [0.29, 0.717) is 12.2 Å². The largest absolute Gasteiger partial charge is 0.351 e. The molecule has 0 radical (unpaired) electrons. The lowest BCUT2D eigenvalue weighted by Gasteiger charge is -2.05. The van der Waals surface area contributed by atoms with E-state index in [1.54, 1.807) is 0 Å². The van der Waals surface area contributed by atoms with Crippen molar-refractivity contribution in [2.45, 2.75) is 33.6 Å². The summed E-state index contributed by atoms with van der Waals surface area (Å²) in [5.74, 6) is -0.0425. The molecule has 2 rings (SSSR count). The number of rotatable bonds is 4. The molecule has 0 aliphatic heterocycles. The van der Waals surface area contributed by atoms with Crippen LogP contribution in [0.4, 0.5) is 0 Å². The van der Waals surface area contributed by atoms with Gasteiger partial charge >= 0.3 is 0 Å². The zero-order chi connectivity index (χ0) is 13.1. The highest BCUT2D eigenvalue weighted by Crippen LogP contribution is 2.15. The van der Waals surface area contributed by atoms with Crippen LogP contribution in [0.5, 0.6) is 0 Å². The standard InChI is InChI=1S/C14H19N3O/c1-4-5-8-15-14(18)12-11(3)16-13-10(2)7-6-9-17(12)13/h6-7,9H,4-5,8H2,1-3H3,(H,15,18). The molecule has 4 nitrogen and oxygen atoms in total. The highest BCUT2D eigenvalue weighted by Gasteiger charge is 2.16. The Kier molecular flexibility index (Phi) is 3.65. The Balaban J connectivity index is 2.35. The van der Waals surface area contributed by atoms with Crippen LogP contribution in [0.1, 0.15) is 41.5 Å². The molecule has 0 saturated heterocycles. The van der Waals surface area contributed by atoms with Crippen molar-refractivity contribution >= 4 is 11.6 Å². The van der Waals surface area contributed by atoms with Crippen molar-refractivity contribution in [3.8, 4) is 0 Å². The van der Waals surface area contributed by atoms with Crippen LogP contribution in [-0.2, 0) is 0 Å². The smallest absolute Gasteiger partial charge is 0.270 e. The normalized spacial score (nSPS) is 10.8. The maximum absolute atomic E-state index is 12.2. The van der Waals surface area contributed by atoms with Crippen molar-refractivity contribution in [1.29, 1.82) is 0 Å². The van der Waals surface area contributed by atoms with Crippen LogP contribution in [-0.4, -0.2) is 21.8 Å². The van der Waals surface area contributed by atoms with E-state index in [1.165, 1.54) is 0 Å². The van der Waals surface area contributed by atoms with Gasteiger partial charge in [0.1, 0.15) is 11.3 Å². The molecule has 0 aliphatic carbocycles. The number of unbranched alkanes of at least 4 members (excludes halogenated alkanes) is 1. The molecule has 4 heteroatoms. The van der Waals surface area contributed by atoms with E-state index in [0.717, 1.165) is 29.7 Å². The van der Waals surface area contributed by atoms with Crippen molar-refractivity contribution in [3.05, 3.63) is 35.3 Å². The fourth-order valence-corrected chi connectivity index (χ4v) is 2.05. The second-order valence-electron chi connectivity index (χ2n) is 4.54. The number of nitrogens with zero attached hydrogens (tertiary/aromatic N) is 2. The van der Waals surface area contributed by atoms with E-state index in [9.17, 15) is 4.79 Å². The highest BCUT2D eigenvalue weighted by atomic mass is 16.1. The van der Waals surface area contributed by atoms with E-state index in [-0.39, 0.29) is 5.91 Å². The van der Waals surface area contributed by atoms with Crippen LogP contribution in [0.25, 0.3) is 5.65 Å². The maximum atomic E-state index is 12.2. The molecule has 0 bridgehead atoms. The minimum Gasteiger partial charge on any atom is -0.351 e. The van der Waals surface area contributed by atoms with Gasteiger partial charge in [0, 0.05) is 12.7 Å². The predicted molar refractivity (Wildman–Crippen MR) is 71.9 cm³/mol. The van der Waals surface area contributed by atoms with Gasteiger partial charge in [0.15, 0.2) is 0 Å². The first kappa shape index (κ1) is 12.6. The molecule has 96 valence electrons. The minimum atomic E-state index is -0.0425. The molecule has 1 N–H and O–H groups in total. The Hall–Kier alpha value is -1.84.